The summed E-state index contributed by atoms with van der Waals surface area (Å²) in [4.78, 5) is 28.8. The predicted octanol–water partition coefficient (Wildman–Crippen LogP) is 6.14. The van der Waals surface area contributed by atoms with E-state index < -0.39 is 12.1 Å². The van der Waals surface area contributed by atoms with Gasteiger partial charge in [0.25, 0.3) is 0 Å². The second-order valence-corrected chi connectivity index (χ2v) is 13.6. The second kappa shape index (κ2) is 15.7. The van der Waals surface area contributed by atoms with Crippen molar-refractivity contribution in [3.05, 3.63) is 137 Å². The molecule has 0 aliphatic carbocycles. The van der Waals surface area contributed by atoms with Gasteiger partial charge >= 0.3 is 0 Å². The monoisotopic (exact) mass is 722 g/mol. The van der Waals surface area contributed by atoms with Gasteiger partial charge in [0.1, 0.15) is 0 Å². The van der Waals surface area contributed by atoms with Crippen LogP contribution in [0.5, 0.6) is 0 Å². The third kappa shape index (κ3) is 8.49. The topological polar surface area (TPSA) is 142 Å². The number of rotatable bonds is 7. The molecule has 0 saturated carbocycles. The van der Waals surface area contributed by atoms with Crippen molar-refractivity contribution < 1.29 is 9.59 Å². The highest BCUT2D eigenvalue weighted by molar-refractivity contribution is 6.35. The molecule has 0 fully saturated rings. The van der Waals surface area contributed by atoms with Crippen LogP contribution < -0.4 is 17.2 Å². The maximum absolute atomic E-state index is 12.7. The number of nitrogens with two attached hydrogens (primary N) is 3. The van der Waals surface area contributed by atoms with E-state index in [0.717, 1.165) is 38.9 Å². The number of benzene rings is 4. The third-order valence-corrected chi connectivity index (χ3v) is 9.63. The van der Waals surface area contributed by atoms with Gasteiger partial charge in [-0.3, -0.25) is 9.59 Å². The molecule has 2 atom stereocenters. The molecule has 0 unspecified atom stereocenters. The van der Waals surface area contributed by atoms with Crippen molar-refractivity contribution in [2.24, 2.45) is 17.2 Å². The van der Waals surface area contributed by atoms with Crippen LogP contribution in [0.1, 0.15) is 44.5 Å². The van der Waals surface area contributed by atoms with Gasteiger partial charge < -0.3 is 27.0 Å². The standard InChI is InChI=1S/C18H19Cl2N3O.C18H15Cl2N3O/c2*19-15-4-3-12(16(20)7-15)6-17(22)18(24)23-9-13-2-1-11(8-21)5-14(13)10-23/h1-5,7,17H,6,8-10,21-22H2;1-5,7,17H,6,9-10,22H2/t2*17-/m11/s1. The normalized spacial score (nSPS) is 14.4. The van der Waals surface area contributed by atoms with Gasteiger partial charge in [0, 0.05) is 52.8 Å². The van der Waals surface area contributed by atoms with Gasteiger partial charge in [0.2, 0.25) is 11.8 Å². The largest absolute Gasteiger partial charge is 0.333 e. The number of nitriles is 1. The molecule has 0 radical (unpaired) electrons. The molecule has 2 aliphatic heterocycles. The highest BCUT2D eigenvalue weighted by atomic mass is 35.5. The Morgan fingerprint density at radius 3 is 1.58 bits per heavy atom. The van der Waals surface area contributed by atoms with Gasteiger partial charge in [0.05, 0.1) is 23.7 Å². The van der Waals surface area contributed by atoms with Crippen LogP contribution in [0.4, 0.5) is 0 Å². The smallest absolute Gasteiger partial charge is 0.240 e. The quantitative estimate of drug-likeness (QED) is 0.209. The minimum Gasteiger partial charge on any atom is -0.333 e. The number of halogens is 4. The molecule has 2 amide bonds. The summed E-state index contributed by atoms with van der Waals surface area (Å²) in [5.41, 5.74) is 25.5. The van der Waals surface area contributed by atoms with Crippen LogP contribution in [-0.2, 0) is 55.2 Å². The minimum atomic E-state index is -0.673. The van der Waals surface area contributed by atoms with Crippen molar-refractivity contribution in [3.63, 3.8) is 0 Å². The van der Waals surface area contributed by atoms with E-state index in [2.05, 4.69) is 12.1 Å². The van der Waals surface area contributed by atoms with Gasteiger partial charge in [-0.25, -0.2) is 0 Å². The molecule has 8 nitrogen and oxygen atoms in total. The van der Waals surface area contributed by atoms with Gasteiger partial charge in [-0.1, -0.05) is 82.8 Å². The van der Waals surface area contributed by atoms with E-state index >= 15 is 0 Å². The van der Waals surface area contributed by atoms with Gasteiger partial charge in [-0.15, -0.1) is 0 Å². The average Bonchev–Trinajstić information content (AvgIpc) is 3.70. The van der Waals surface area contributed by atoms with Crippen LogP contribution in [-0.4, -0.2) is 33.7 Å². The zero-order valence-corrected chi connectivity index (χ0v) is 29.0. The Labute approximate surface area is 299 Å². The number of carbonyl (C=O) groups is 2. The van der Waals surface area contributed by atoms with Crippen molar-refractivity contribution in [2.75, 3.05) is 0 Å². The first kappa shape index (κ1) is 35.7. The number of hydrogen-bond donors (Lipinski definition) is 3. The van der Waals surface area contributed by atoms with E-state index in [0.29, 0.717) is 71.2 Å². The molecule has 0 bridgehead atoms. The Morgan fingerprint density at radius 1 is 0.667 bits per heavy atom. The van der Waals surface area contributed by atoms with Crippen molar-refractivity contribution in [1.29, 1.82) is 5.26 Å². The fourth-order valence-electron chi connectivity index (χ4n) is 5.84. The first-order valence-corrected chi connectivity index (χ1v) is 16.8. The fraction of sp³-hybridized carbons (Fsp3) is 0.250. The Kier molecular flexibility index (Phi) is 11.7. The second-order valence-electron chi connectivity index (χ2n) is 11.9. The van der Waals surface area contributed by atoms with E-state index in [1.54, 1.807) is 46.2 Å². The lowest BCUT2D eigenvalue weighted by Gasteiger charge is -2.20. The number of hydrogen-bond acceptors (Lipinski definition) is 6. The molecule has 248 valence electrons. The lowest BCUT2D eigenvalue weighted by Crippen LogP contribution is -2.42. The van der Waals surface area contributed by atoms with Crippen LogP contribution >= 0.6 is 46.4 Å². The molecule has 6 N–H and O–H groups in total. The Balaban J connectivity index is 0.000000188. The summed E-state index contributed by atoms with van der Waals surface area (Å²) in [5.74, 6) is -0.206. The number of fused-ring (bicyclic) bond motifs is 2. The third-order valence-electron chi connectivity index (χ3n) is 8.45. The van der Waals surface area contributed by atoms with Crippen molar-refractivity contribution >= 4 is 58.2 Å². The van der Waals surface area contributed by atoms with Gasteiger partial charge in [-0.05, 0) is 88.2 Å². The Morgan fingerprint density at radius 2 is 1.12 bits per heavy atom. The molecular formula is C36H34Cl4N6O2. The fourth-order valence-corrected chi connectivity index (χ4v) is 6.81. The molecule has 0 aromatic heterocycles. The van der Waals surface area contributed by atoms with Crippen LogP contribution in [0.2, 0.25) is 20.1 Å². The van der Waals surface area contributed by atoms with Crippen LogP contribution in [0, 0.1) is 11.3 Å². The first-order chi connectivity index (χ1) is 22.9. The Bertz CT molecular complexity index is 1900. The zero-order valence-electron chi connectivity index (χ0n) is 25.9. The van der Waals surface area contributed by atoms with Crippen LogP contribution in [0.25, 0.3) is 0 Å². The lowest BCUT2D eigenvalue weighted by atomic mass is 10.1. The van der Waals surface area contributed by atoms with E-state index in [4.69, 9.17) is 68.9 Å². The maximum atomic E-state index is 12.7. The summed E-state index contributed by atoms with van der Waals surface area (Å²) in [7, 11) is 0. The zero-order chi connectivity index (χ0) is 34.5. The molecule has 6 rings (SSSR count). The average molecular weight is 725 g/mol. The van der Waals surface area contributed by atoms with Crippen LogP contribution in [0.15, 0.2) is 72.8 Å². The molecule has 2 heterocycles. The summed E-state index contributed by atoms with van der Waals surface area (Å²) >= 11 is 24.1. The van der Waals surface area contributed by atoms with E-state index in [-0.39, 0.29) is 11.8 Å². The highest BCUT2D eigenvalue weighted by Gasteiger charge is 2.29. The highest BCUT2D eigenvalue weighted by Crippen LogP contribution is 2.28. The molecule has 0 spiro atoms. The summed E-state index contributed by atoms with van der Waals surface area (Å²) in [6.07, 6.45) is 0.737. The van der Waals surface area contributed by atoms with E-state index in [1.807, 2.05) is 30.3 Å². The molecular weight excluding hydrogens is 690 g/mol. The maximum Gasteiger partial charge on any atom is 0.240 e. The first-order valence-electron chi connectivity index (χ1n) is 15.2. The number of nitrogens with zero attached hydrogens (tertiary/aromatic N) is 3. The van der Waals surface area contributed by atoms with Crippen molar-refractivity contribution in [1.82, 2.24) is 9.80 Å². The summed E-state index contributed by atoms with van der Waals surface area (Å²) < 4.78 is 0. The van der Waals surface area contributed by atoms with E-state index in [9.17, 15) is 9.59 Å². The summed E-state index contributed by atoms with van der Waals surface area (Å²) in [6.45, 7) is 2.65. The SMILES string of the molecule is N#Cc1ccc2c(c1)CN(C(=O)[C@H](N)Cc1ccc(Cl)cc1Cl)C2.NCc1ccc2c(c1)CN(C(=O)[C@H](N)Cc1ccc(Cl)cc1Cl)C2. The number of carbonyl (C=O) groups excluding carboxylic acids is 2. The molecule has 0 saturated heterocycles. The number of amides is 2. The summed E-state index contributed by atoms with van der Waals surface area (Å²) in [5, 5.41) is 11.1. The molecule has 4 aromatic carbocycles. The summed E-state index contributed by atoms with van der Waals surface area (Å²) in [6, 6.07) is 22.8. The molecule has 2 aliphatic rings. The molecule has 48 heavy (non-hydrogen) atoms. The van der Waals surface area contributed by atoms with E-state index in [1.165, 1.54) is 0 Å². The predicted molar refractivity (Wildman–Crippen MR) is 190 cm³/mol. The molecule has 12 heteroatoms. The molecule has 4 aromatic rings. The Hall–Kier alpha value is -3.65. The van der Waals surface area contributed by atoms with Crippen molar-refractivity contribution in [3.8, 4) is 6.07 Å². The van der Waals surface area contributed by atoms with Gasteiger partial charge in [-0.2, -0.15) is 5.26 Å². The minimum absolute atomic E-state index is 0.0773. The lowest BCUT2D eigenvalue weighted by molar-refractivity contribution is -0.133. The van der Waals surface area contributed by atoms with Crippen molar-refractivity contribution in [2.45, 2.75) is 57.6 Å². The van der Waals surface area contributed by atoms with Gasteiger partial charge in [0.15, 0.2) is 0 Å². The van der Waals surface area contributed by atoms with Crippen LogP contribution in [0.3, 0.4) is 0 Å².